The van der Waals surface area contributed by atoms with Gasteiger partial charge in [0.25, 0.3) is 5.91 Å². The molecule has 0 fully saturated rings. The van der Waals surface area contributed by atoms with Crippen LogP contribution in [-0.4, -0.2) is 17.4 Å². The van der Waals surface area contributed by atoms with Gasteiger partial charge in [-0.25, -0.2) is 0 Å². The van der Waals surface area contributed by atoms with E-state index < -0.39 is 0 Å². The van der Waals surface area contributed by atoms with Crippen LogP contribution in [0.3, 0.4) is 0 Å². The standard InChI is InChI=1S/C12H18N2O.C2H6/c1-5-13-11(15)10-7-6-9(8-14-10)12(2,3)4;1-2/h6-8H,5H2,1-4H3,(H,13,15);1-2H3. The van der Waals surface area contributed by atoms with Crippen LogP contribution in [-0.2, 0) is 5.41 Å². The molecule has 1 aromatic rings. The number of hydrogen-bond donors (Lipinski definition) is 1. The van der Waals surface area contributed by atoms with Crippen LogP contribution in [0, 0.1) is 0 Å². The van der Waals surface area contributed by atoms with E-state index in [-0.39, 0.29) is 11.3 Å². The highest BCUT2D eigenvalue weighted by atomic mass is 16.1. The molecule has 1 aromatic heterocycles. The molecule has 1 rings (SSSR count). The molecule has 3 nitrogen and oxygen atoms in total. The van der Waals surface area contributed by atoms with Crippen molar-refractivity contribution in [2.45, 2.75) is 47.0 Å². The molecule has 0 aliphatic carbocycles. The number of amides is 1. The van der Waals surface area contributed by atoms with Crippen molar-refractivity contribution in [1.29, 1.82) is 0 Å². The van der Waals surface area contributed by atoms with Gasteiger partial charge in [-0.2, -0.15) is 0 Å². The molecule has 0 aromatic carbocycles. The van der Waals surface area contributed by atoms with Gasteiger partial charge >= 0.3 is 0 Å². The van der Waals surface area contributed by atoms with Crippen molar-refractivity contribution >= 4 is 5.91 Å². The molecule has 0 atom stereocenters. The molecule has 0 spiro atoms. The third kappa shape index (κ3) is 4.98. The molecule has 0 unspecified atom stereocenters. The van der Waals surface area contributed by atoms with E-state index in [1.807, 2.05) is 26.8 Å². The van der Waals surface area contributed by atoms with Gasteiger partial charge in [0.2, 0.25) is 0 Å². The molecule has 0 aliphatic rings. The number of hydrogen-bond acceptors (Lipinski definition) is 2. The molecule has 3 heteroatoms. The largest absolute Gasteiger partial charge is 0.351 e. The predicted octanol–water partition coefficient (Wildman–Crippen LogP) is 3.16. The first-order valence-electron chi connectivity index (χ1n) is 6.20. The van der Waals surface area contributed by atoms with Gasteiger partial charge < -0.3 is 5.32 Å². The van der Waals surface area contributed by atoms with Gasteiger partial charge in [0.15, 0.2) is 0 Å². The summed E-state index contributed by atoms with van der Waals surface area (Å²) in [5.74, 6) is -0.113. The first kappa shape index (κ1) is 15.6. The molecule has 0 bridgehead atoms. The van der Waals surface area contributed by atoms with E-state index in [0.29, 0.717) is 12.2 Å². The first-order chi connectivity index (χ1) is 7.95. The van der Waals surface area contributed by atoms with E-state index in [4.69, 9.17) is 0 Å². The lowest BCUT2D eigenvalue weighted by molar-refractivity contribution is 0.0951. The smallest absolute Gasteiger partial charge is 0.269 e. The highest BCUT2D eigenvalue weighted by Gasteiger charge is 2.14. The summed E-state index contributed by atoms with van der Waals surface area (Å²) in [4.78, 5) is 15.6. The molecule has 0 aliphatic heterocycles. The molecule has 17 heavy (non-hydrogen) atoms. The lowest BCUT2D eigenvalue weighted by Gasteiger charge is -2.18. The molecule has 1 heterocycles. The van der Waals surface area contributed by atoms with E-state index in [1.165, 1.54) is 0 Å². The summed E-state index contributed by atoms with van der Waals surface area (Å²) in [5, 5.41) is 2.72. The zero-order chi connectivity index (χ0) is 13.5. The van der Waals surface area contributed by atoms with Gasteiger partial charge in [0, 0.05) is 12.7 Å². The Labute approximate surface area is 105 Å². The van der Waals surface area contributed by atoms with Gasteiger partial charge in [-0.15, -0.1) is 0 Å². The van der Waals surface area contributed by atoms with Crippen LogP contribution in [0.25, 0.3) is 0 Å². The Hall–Kier alpha value is -1.38. The fourth-order valence-electron chi connectivity index (χ4n) is 1.22. The van der Waals surface area contributed by atoms with Crippen LogP contribution in [0.2, 0.25) is 0 Å². The van der Waals surface area contributed by atoms with Crippen molar-refractivity contribution in [3.8, 4) is 0 Å². The van der Waals surface area contributed by atoms with E-state index in [2.05, 4.69) is 31.1 Å². The summed E-state index contributed by atoms with van der Waals surface area (Å²) in [6.07, 6.45) is 1.77. The summed E-state index contributed by atoms with van der Waals surface area (Å²) in [7, 11) is 0. The molecule has 1 amide bonds. The third-order valence-electron chi connectivity index (χ3n) is 2.20. The average Bonchev–Trinajstić information content (AvgIpc) is 2.31. The van der Waals surface area contributed by atoms with Crippen LogP contribution >= 0.6 is 0 Å². The summed E-state index contributed by atoms with van der Waals surface area (Å²) in [6, 6.07) is 3.73. The molecule has 96 valence electrons. The van der Waals surface area contributed by atoms with Gasteiger partial charge in [-0.05, 0) is 24.0 Å². The number of nitrogens with zero attached hydrogens (tertiary/aromatic N) is 1. The summed E-state index contributed by atoms with van der Waals surface area (Å²) in [6.45, 7) is 12.9. The topological polar surface area (TPSA) is 42.0 Å². The van der Waals surface area contributed by atoms with Gasteiger partial charge in [0.1, 0.15) is 5.69 Å². The Bertz CT molecular complexity index is 336. The monoisotopic (exact) mass is 236 g/mol. The SMILES string of the molecule is CC.CCNC(=O)c1ccc(C(C)(C)C)cn1. The molecule has 0 saturated carbocycles. The highest BCUT2D eigenvalue weighted by molar-refractivity contribution is 5.92. The number of nitrogens with one attached hydrogen (secondary N) is 1. The Morgan fingerprint density at radius 3 is 2.24 bits per heavy atom. The number of rotatable bonds is 2. The van der Waals surface area contributed by atoms with E-state index >= 15 is 0 Å². The first-order valence-corrected chi connectivity index (χ1v) is 6.20. The third-order valence-corrected chi connectivity index (χ3v) is 2.20. The lowest BCUT2D eigenvalue weighted by Crippen LogP contribution is -2.24. The lowest BCUT2D eigenvalue weighted by atomic mass is 9.88. The number of carbonyl (C=O) groups is 1. The Kier molecular flexibility index (Phi) is 6.47. The molecular weight excluding hydrogens is 212 g/mol. The Morgan fingerprint density at radius 1 is 1.29 bits per heavy atom. The Morgan fingerprint density at radius 2 is 1.88 bits per heavy atom. The number of aromatic nitrogens is 1. The van der Waals surface area contributed by atoms with Crippen LogP contribution in [0.4, 0.5) is 0 Å². The minimum absolute atomic E-state index is 0.0762. The predicted molar refractivity (Wildman–Crippen MR) is 72.3 cm³/mol. The average molecular weight is 236 g/mol. The van der Waals surface area contributed by atoms with Crippen molar-refractivity contribution in [2.24, 2.45) is 0 Å². The molecular formula is C14H24N2O. The zero-order valence-corrected chi connectivity index (χ0v) is 11.8. The normalized spacial score (nSPS) is 10.2. The maximum Gasteiger partial charge on any atom is 0.269 e. The maximum atomic E-state index is 11.4. The number of pyridine rings is 1. The van der Waals surface area contributed by atoms with Crippen molar-refractivity contribution in [3.05, 3.63) is 29.6 Å². The molecule has 1 N–H and O–H groups in total. The quantitative estimate of drug-likeness (QED) is 0.857. The summed E-state index contributed by atoms with van der Waals surface area (Å²) < 4.78 is 0. The van der Waals surface area contributed by atoms with Gasteiger partial charge in [0.05, 0.1) is 0 Å². The van der Waals surface area contributed by atoms with Crippen molar-refractivity contribution in [1.82, 2.24) is 10.3 Å². The van der Waals surface area contributed by atoms with E-state index in [0.717, 1.165) is 5.56 Å². The highest BCUT2D eigenvalue weighted by Crippen LogP contribution is 2.20. The summed E-state index contributed by atoms with van der Waals surface area (Å²) in [5.41, 5.74) is 1.69. The van der Waals surface area contributed by atoms with Crippen LogP contribution in [0.1, 0.15) is 57.6 Å². The van der Waals surface area contributed by atoms with Crippen molar-refractivity contribution in [3.63, 3.8) is 0 Å². The second-order valence-corrected chi connectivity index (χ2v) is 4.54. The van der Waals surface area contributed by atoms with Gasteiger partial charge in [-0.1, -0.05) is 40.7 Å². The fraction of sp³-hybridized carbons (Fsp3) is 0.571. The second-order valence-electron chi connectivity index (χ2n) is 4.54. The fourth-order valence-corrected chi connectivity index (χ4v) is 1.22. The zero-order valence-electron chi connectivity index (χ0n) is 11.8. The van der Waals surface area contributed by atoms with Crippen molar-refractivity contribution < 1.29 is 4.79 Å². The van der Waals surface area contributed by atoms with E-state index in [1.54, 1.807) is 12.3 Å². The second kappa shape index (κ2) is 7.05. The number of carbonyl (C=O) groups excluding carboxylic acids is 1. The minimum Gasteiger partial charge on any atom is -0.351 e. The molecule has 0 radical (unpaired) electrons. The molecule has 0 saturated heterocycles. The van der Waals surface area contributed by atoms with Crippen LogP contribution in [0.5, 0.6) is 0 Å². The van der Waals surface area contributed by atoms with Crippen LogP contribution < -0.4 is 5.32 Å². The Balaban J connectivity index is 0.00000121. The van der Waals surface area contributed by atoms with Gasteiger partial charge in [-0.3, -0.25) is 9.78 Å². The van der Waals surface area contributed by atoms with E-state index in [9.17, 15) is 4.79 Å². The minimum atomic E-state index is -0.113. The van der Waals surface area contributed by atoms with Crippen molar-refractivity contribution in [2.75, 3.05) is 6.54 Å². The maximum absolute atomic E-state index is 11.4. The summed E-state index contributed by atoms with van der Waals surface area (Å²) >= 11 is 0. The van der Waals surface area contributed by atoms with Crippen LogP contribution in [0.15, 0.2) is 18.3 Å².